The van der Waals surface area contributed by atoms with Crippen molar-refractivity contribution in [3.8, 4) is 0 Å². The van der Waals surface area contributed by atoms with Crippen molar-refractivity contribution in [2.45, 2.75) is 13.1 Å². The highest BCUT2D eigenvalue weighted by Crippen LogP contribution is 2.27. The summed E-state index contributed by atoms with van der Waals surface area (Å²) in [6.45, 7) is 1.80. The second-order valence-corrected chi connectivity index (χ2v) is 6.64. The van der Waals surface area contributed by atoms with Crippen LogP contribution in [-0.4, -0.2) is 35.0 Å². The van der Waals surface area contributed by atoms with Gasteiger partial charge in [-0.25, -0.2) is 9.97 Å². The van der Waals surface area contributed by atoms with Crippen molar-refractivity contribution < 1.29 is 18.0 Å². The van der Waals surface area contributed by atoms with Crippen molar-refractivity contribution in [1.29, 1.82) is 0 Å². The van der Waals surface area contributed by atoms with E-state index < -0.39 is 17.8 Å². The van der Waals surface area contributed by atoms with Crippen LogP contribution in [-0.2, 0) is 6.18 Å². The number of halogens is 3. The maximum Gasteiger partial charge on any atom is 0.433 e. The van der Waals surface area contributed by atoms with Gasteiger partial charge in [0.2, 0.25) is 0 Å². The summed E-state index contributed by atoms with van der Waals surface area (Å²) in [7, 11) is 3.77. The predicted octanol–water partition coefficient (Wildman–Crippen LogP) is 4.26. The first-order chi connectivity index (χ1) is 14.1. The van der Waals surface area contributed by atoms with Gasteiger partial charge >= 0.3 is 6.18 Å². The zero-order valence-corrected chi connectivity index (χ0v) is 16.4. The number of alkyl halides is 3. The van der Waals surface area contributed by atoms with Gasteiger partial charge in [0.15, 0.2) is 0 Å². The number of benzene rings is 1. The lowest BCUT2D eigenvalue weighted by Crippen LogP contribution is -2.14. The zero-order valence-electron chi connectivity index (χ0n) is 16.4. The molecule has 1 aromatic carbocycles. The molecule has 0 aliphatic rings. The molecule has 30 heavy (non-hydrogen) atoms. The fraction of sp³-hybridized carbons (Fsp3) is 0.200. The highest BCUT2D eigenvalue weighted by Gasteiger charge is 2.32. The second kappa shape index (κ2) is 8.36. The smallest absolute Gasteiger partial charge is 0.363 e. The number of nitrogens with one attached hydrogen (secondary N) is 2. The molecule has 0 aliphatic carbocycles. The number of aryl methyl sites for hydroxylation is 1. The molecule has 2 aromatic heterocycles. The SMILES string of the molecule is Cc1nc(Nc2ccc(NC(=O)c3ccc(C(F)(F)F)nc3)cc2)cc(N(C)C)n1. The van der Waals surface area contributed by atoms with Crippen LogP contribution in [0.15, 0.2) is 48.7 Å². The average molecular weight is 416 g/mol. The number of nitrogens with zero attached hydrogens (tertiary/aromatic N) is 4. The van der Waals surface area contributed by atoms with Crippen LogP contribution in [0.2, 0.25) is 0 Å². The van der Waals surface area contributed by atoms with Crippen LogP contribution in [0.3, 0.4) is 0 Å². The molecule has 0 fully saturated rings. The Labute approximate surface area is 171 Å². The lowest BCUT2D eigenvalue weighted by molar-refractivity contribution is -0.141. The number of anilines is 4. The number of rotatable bonds is 5. The Balaban J connectivity index is 1.67. The highest BCUT2D eigenvalue weighted by molar-refractivity contribution is 6.04. The van der Waals surface area contributed by atoms with E-state index in [1.165, 1.54) is 0 Å². The molecule has 0 atom stereocenters. The largest absolute Gasteiger partial charge is 0.433 e. The minimum Gasteiger partial charge on any atom is -0.363 e. The molecule has 0 unspecified atom stereocenters. The highest BCUT2D eigenvalue weighted by atomic mass is 19.4. The molecule has 3 rings (SSSR count). The molecule has 0 radical (unpaired) electrons. The van der Waals surface area contributed by atoms with E-state index in [9.17, 15) is 18.0 Å². The van der Waals surface area contributed by atoms with Crippen molar-refractivity contribution >= 4 is 28.9 Å². The summed E-state index contributed by atoms with van der Waals surface area (Å²) in [5.74, 6) is 1.45. The molecule has 7 nitrogen and oxygen atoms in total. The van der Waals surface area contributed by atoms with Gasteiger partial charge in [-0.1, -0.05) is 0 Å². The van der Waals surface area contributed by atoms with Gasteiger partial charge in [0, 0.05) is 37.7 Å². The van der Waals surface area contributed by atoms with Gasteiger partial charge < -0.3 is 15.5 Å². The first kappa shape index (κ1) is 21.0. The van der Waals surface area contributed by atoms with E-state index in [-0.39, 0.29) is 5.56 Å². The summed E-state index contributed by atoms with van der Waals surface area (Å²) in [5.41, 5.74) is 0.204. The molecule has 2 N–H and O–H groups in total. The Morgan fingerprint density at radius 1 is 1.00 bits per heavy atom. The summed E-state index contributed by atoms with van der Waals surface area (Å²) in [6, 6.07) is 10.5. The van der Waals surface area contributed by atoms with Crippen LogP contribution in [0.25, 0.3) is 0 Å². The minimum absolute atomic E-state index is 0.0258. The Bertz CT molecular complexity index is 1030. The van der Waals surface area contributed by atoms with Crippen molar-refractivity contribution in [1.82, 2.24) is 15.0 Å². The minimum atomic E-state index is -4.55. The molecular weight excluding hydrogens is 397 g/mol. The third-order valence-corrected chi connectivity index (χ3v) is 4.01. The third kappa shape index (κ3) is 5.22. The van der Waals surface area contributed by atoms with Crippen LogP contribution >= 0.6 is 0 Å². The number of hydrogen-bond acceptors (Lipinski definition) is 6. The standard InChI is InChI=1S/C20H19F3N6O/c1-12-25-17(10-18(26-12)29(2)3)27-14-5-7-15(8-6-14)28-19(30)13-4-9-16(24-11-13)20(21,22)23/h4-11H,1-3H3,(H,28,30)(H,25,26,27). The quantitative estimate of drug-likeness (QED) is 0.647. The van der Waals surface area contributed by atoms with Crippen molar-refractivity contribution in [3.05, 3.63) is 65.7 Å². The van der Waals surface area contributed by atoms with E-state index in [4.69, 9.17) is 0 Å². The molecule has 1 amide bonds. The number of hydrogen-bond donors (Lipinski definition) is 2. The van der Waals surface area contributed by atoms with Crippen LogP contribution in [0.4, 0.5) is 36.2 Å². The number of carbonyl (C=O) groups excluding carboxylic acids is 1. The van der Waals surface area contributed by atoms with E-state index in [0.29, 0.717) is 17.3 Å². The van der Waals surface area contributed by atoms with Gasteiger partial charge in [0.05, 0.1) is 5.56 Å². The monoisotopic (exact) mass is 416 g/mol. The number of carbonyl (C=O) groups is 1. The van der Waals surface area contributed by atoms with Crippen LogP contribution in [0.5, 0.6) is 0 Å². The molecular formula is C20H19F3N6O. The normalized spacial score (nSPS) is 11.1. The van der Waals surface area contributed by atoms with Gasteiger partial charge in [0.25, 0.3) is 5.91 Å². The first-order valence-corrected chi connectivity index (χ1v) is 8.86. The summed E-state index contributed by atoms with van der Waals surface area (Å²) < 4.78 is 37.7. The first-order valence-electron chi connectivity index (χ1n) is 8.86. The van der Waals surface area contributed by atoms with E-state index in [1.807, 2.05) is 19.0 Å². The fourth-order valence-electron chi connectivity index (χ4n) is 2.53. The molecule has 2 heterocycles. The van der Waals surface area contributed by atoms with Crippen LogP contribution < -0.4 is 15.5 Å². The van der Waals surface area contributed by atoms with E-state index in [0.717, 1.165) is 29.8 Å². The molecule has 0 bridgehead atoms. The molecule has 10 heteroatoms. The fourth-order valence-corrected chi connectivity index (χ4v) is 2.53. The van der Waals surface area contributed by atoms with E-state index >= 15 is 0 Å². The molecule has 0 saturated carbocycles. The maximum atomic E-state index is 12.6. The summed E-state index contributed by atoms with van der Waals surface area (Å²) >= 11 is 0. The molecule has 0 spiro atoms. The van der Waals surface area contributed by atoms with E-state index in [1.54, 1.807) is 37.3 Å². The number of aromatic nitrogens is 3. The zero-order chi connectivity index (χ0) is 21.9. The Kier molecular flexibility index (Phi) is 5.86. The summed E-state index contributed by atoms with van der Waals surface area (Å²) in [5, 5.41) is 5.79. The van der Waals surface area contributed by atoms with Gasteiger partial charge in [-0.15, -0.1) is 0 Å². The molecule has 0 aliphatic heterocycles. The summed E-state index contributed by atoms with van der Waals surface area (Å²) in [6.07, 6.45) is -3.65. The topological polar surface area (TPSA) is 83.0 Å². The van der Waals surface area contributed by atoms with Gasteiger partial charge in [-0.3, -0.25) is 9.78 Å². The summed E-state index contributed by atoms with van der Waals surface area (Å²) in [4.78, 5) is 26.0. The Morgan fingerprint density at radius 2 is 1.67 bits per heavy atom. The average Bonchev–Trinajstić information content (AvgIpc) is 2.68. The van der Waals surface area contributed by atoms with Gasteiger partial charge in [-0.05, 0) is 43.3 Å². The van der Waals surface area contributed by atoms with Crippen LogP contribution in [0.1, 0.15) is 21.9 Å². The van der Waals surface area contributed by atoms with Gasteiger partial charge in [0.1, 0.15) is 23.2 Å². The molecule has 3 aromatic rings. The Hall–Kier alpha value is -3.69. The lowest BCUT2D eigenvalue weighted by atomic mass is 10.2. The second-order valence-electron chi connectivity index (χ2n) is 6.64. The number of pyridine rings is 1. The van der Waals surface area contributed by atoms with Crippen molar-refractivity contribution in [2.24, 2.45) is 0 Å². The molecule has 0 saturated heterocycles. The van der Waals surface area contributed by atoms with Crippen LogP contribution in [0, 0.1) is 6.92 Å². The van der Waals surface area contributed by atoms with Crippen molar-refractivity contribution in [2.75, 3.05) is 29.6 Å². The van der Waals surface area contributed by atoms with E-state index in [2.05, 4.69) is 25.6 Å². The van der Waals surface area contributed by atoms with Crippen molar-refractivity contribution in [3.63, 3.8) is 0 Å². The van der Waals surface area contributed by atoms with Gasteiger partial charge in [-0.2, -0.15) is 13.2 Å². The number of amides is 1. The lowest BCUT2D eigenvalue weighted by Gasteiger charge is -2.14. The third-order valence-electron chi connectivity index (χ3n) is 4.01. The Morgan fingerprint density at radius 3 is 2.23 bits per heavy atom. The molecule has 156 valence electrons. The maximum absolute atomic E-state index is 12.6. The predicted molar refractivity (Wildman–Crippen MR) is 108 cm³/mol.